The lowest BCUT2D eigenvalue weighted by molar-refractivity contribution is 0.0246. The van der Waals surface area contributed by atoms with Gasteiger partial charge in [-0.3, -0.25) is 0 Å². The zero-order valence-electron chi connectivity index (χ0n) is 11.0. The maximum absolute atomic E-state index is 5.60. The first kappa shape index (κ1) is 13.5. The fourth-order valence-corrected chi connectivity index (χ4v) is 2.04. The second-order valence-corrected chi connectivity index (χ2v) is 4.46. The van der Waals surface area contributed by atoms with Gasteiger partial charge in [0.1, 0.15) is 6.10 Å². The molecule has 6 heteroatoms. The van der Waals surface area contributed by atoms with E-state index in [1.165, 1.54) is 0 Å². The molecular weight excluding hydrogens is 234 g/mol. The Hall–Kier alpha value is -0.980. The summed E-state index contributed by atoms with van der Waals surface area (Å²) in [6.07, 6.45) is 2.63. The summed E-state index contributed by atoms with van der Waals surface area (Å²) in [7, 11) is 1.67. The molecule has 0 amide bonds. The van der Waals surface area contributed by atoms with Gasteiger partial charge in [-0.2, -0.15) is 4.98 Å². The van der Waals surface area contributed by atoms with Crippen LogP contribution >= 0.6 is 0 Å². The first-order valence-corrected chi connectivity index (χ1v) is 6.51. The highest BCUT2D eigenvalue weighted by molar-refractivity contribution is 4.93. The summed E-state index contributed by atoms with van der Waals surface area (Å²) in [6, 6.07) is 0. The number of nitrogens with one attached hydrogen (secondary N) is 1. The van der Waals surface area contributed by atoms with Crippen molar-refractivity contribution in [2.45, 2.75) is 38.4 Å². The summed E-state index contributed by atoms with van der Waals surface area (Å²) in [5.41, 5.74) is 0. The van der Waals surface area contributed by atoms with Crippen LogP contribution in [0.3, 0.4) is 0 Å². The van der Waals surface area contributed by atoms with Crippen molar-refractivity contribution in [3.05, 3.63) is 11.7 Å². The molecule has 1 N–H and O–H groups in total. The molecule has 1 aromatic heterocycles. The number of ether oxygens (including phenoxy) is 2. The van der Waals surface area contributed by atoms with E-state index in [1.807, 2.05) is 0 Å². The number of morpholine rings is 1. The smallest absolute Gasteiger partial charge is 0.229 e. The van der Waals surface area contributed by atoms with Crippen LogP contribution in [0.1, 0.15) is 37.6 Å². The van der Waals surface area contributed by atoms with Gasteiger partial charge in [0.15, 0.2) is 0 Å². The molecule has 1 aliphatic rings. The largest absolute Gasteiger partial charge is 0.375 e. The van der Waals surface area contributed by atoms with Gasteiger partial charge in [0, 0.05) is 20.2 Å². The third kappa shape index (κ3) is 3.51. The van der Waals surface area contributed by atoms with Gasteiger partial charge in [0.05, 0.1) is 19.1 Å². The van der Waals surface area contributed by atoms with Crippen LogP contribution in [0.5, 0.6) is 0 Å². The third-order valence-electron chi connectivity index (χ3n) is 3.01. The molecule has 2 unspecified atom stereocenters. The molecule has 1 aromatic rings. The van der Waals surface area contributed by atoms with Gasteiger partial charge >= 0.3 is 0 Å². The standard InChI is InChI=1S/C12H21N3O3/c1-3-4-10(16-2)12-14-11(18-15-12)7-9-8-13-5-6-17-9/h9-10,13H,3-8H2,1-2H3. The van der Waals surface area contributed by atoms with Gasteiger partial charge in [-0.1, -0.05) is 18.5 Å². The van der Waals surface area contributed by atoms with Crippen molar-refractivity contribution in [3.63, 3.8) is 0 Å². The minimum Gasteiger partial charge on any atom is -0.375 e. The Morgan fingerprint density at radius 2 is 2.44 bits per heavy atom. The number of hydrogen-bond donors (Lipinski definition) is 1. The number of rotatable bonds is 6. The zero-order valence-corrected chi connectivity index (χ0v) is 11.0. The van der Waals surface area contributed by atoms with Crippen LogP contribution in [0.4, 0.5) is 0 Å². The van der Waals surface area contributed by atoms with E-state index in [9.17, 15) is 0 Å². The van der Waals surface area contributed by atoms with Gasteiger partial charge in [-0.15, -0.1) is 0 Å². The van der Waals surface area contributed by atoms with Crippen molar-refractivity contribution in [1.29, 1.82) is 0 Å². The monoisotopic (exact) mass is 255 g/mol. The Kier molecular flexibility index (Phi) is 5.10. The maximum atomic E-state index is 5.60. The second kappa shape index (κ2) is 6.82. The molecule has 1 fully saturated rings. The van der Waals surface area contributed by atoms with E-state index >= 15 is 0 Å². The average Bonchev–Trinajstić information content (AvgIpc) is 2.85. The van der Waals surface area contributed by atoms with Crippen LogP contribution < -0.4 is 5.32 Å². The molecule has 2 rings (SSSR count). The fourth-order valence-electron chi connectivity index (χ4n) is 2.04. The fraction of sp³-hybridized carbons (Fsp3) is 0.833. The molecule has 18 heavy (non-hydrogen) atoms. The molecule has 1 aliphatic heterocycles. The molecule has 0 saturated carbocycles. The first-order valence-electron chi connectivity index (χ1n) is 6.51. The Morgan fingerprint density at radius 3 is 3.11 bits per heavy atom. The second-order valence-electron chi connectivity index (χ2n) is 4.46. The van der Waals surface area contributed by atoms with Crippen LogP contribution in [0, 0.1) is 0 Å². The van der Waals surface area contributed by atoms with Crippen LogP contribution in [-0.4, -0.2) is 43.1 Å². The van der Waals surface area contributed by atoms with Crippen LogP contribution in [0.25, 0.3) is 0 Å². The predicted octanol–water partition coefficient (Wildman–Crippen LogP) is 1.09. The molecule has 0 spiro atoms. The normalized spacial score (nSPS) is 22.0. The van der Waals surface area contributed by atoms with E-state index in [0.717, 1.165) is 32.5 Å². The van der Waals surface area contributed by atoms with E-state index in [-0.39, 0.29) is 12.2 Å². The van der Waals surface area contributed by atoms with Crippen LogP contribution in [0.15, 0.2) is 4.52 Å². The van der Waals surface area contributed by atoms with Crippen molar-refractivity contribution < 1.29 is 14.0 Å². The Bertz CT molecular complexity index is 350. The highest BCUT2D eigenvalue weighted by atomic mass is 16.5. The van der Waals surface area contributed by atoms with Crippen LogP contribution in [0.2, 0.25) is 0 Å². The summed E-state index contributed by atoms with van der Waals surface area (Å²) in [6.45, 7) is 4.59. The Labute approximate surface area is 107 Å². The van der Waals surface area contributed by atoms with E-state index in [0.29, 0.717) is 18.1 Å². The van der Waals surface area contributed by atoms with E-state index in [1.54, 1.807) is 7.11 Å². The van der Waals surface area contributed by atoms with Crippen molar-refractivity contribution in [3.8, 4) is 0 Å². The molecular formula is C12H21N3O3. The van der Waals surface area contributed by atoms with Gasteiger partial charge < -0.3 is 19.3 Å². The van der Waals surface area contributed by atoms with Gasteiger partial charge in [0.2, 0.25) is 11.7 Å². The average molecular weight is 255 g/mol. The Morgan fingerprint density at radius 1 is 1.56 bits per heavy atom. The summed E-state index contributed by atoms with van der Waals surface area (Å²) < 4.78 is 16.2. The van der Waals surface area contributed by atoms with Crippen molar-refractivity contribution >= 4 is 0 Å². The van der Waals surface area contributed by atoms with Gasteiger partial charge in [-0.25, -0.2) is 0 Å². The van der Waals surface area contributed by atoms with Crippen molar-refractivity contribution in [1.82, 2.24) is 15.5 Å². The van der Waals surface area contributed by atoms with Gasteiger partial charge in [0.25, 0.3) is 0 Å². The lowest BCUT2D eigenvalue weighted by Gasteiger charge is -2.21. The number of nitrogens with zero attached hydrogens (tertiary/aromatic N) is 2. The third-order valence-corrected chi connectivity index (χ3v) is 3.01. The number of methoxy groups -OCH3 is 1. The first-order chi connectivity index (χ1) is 8.83. The topological polar surface area (TPSA) is 69.4 Å². The summed E-state index contributed by atoms with van der Waals surface area (Å²) >= 11 is 0. The highest BCUT2D eigenvalue weighted by Crippen LogP contribution is 2.19. The molecule has 102 valence electrons. The predicted molar refractivity (Wildman–Crippen MR) is 65.3 cm³/mol. The molecule has 6 nitrogen and oxygen atoms in total. The lowest BCUT2D eigenvalue weighted by Crippen LogP contribution is -2.39. The summed E-state index contributed by atoms with van der Waals surface area (Å²) in [4.78, 5) is 4.38. The summed E-state index contributed by atoms with van der Waals surface area (Å²) in [5.74, 6) is 1.26. The molecule has 2 heterocycles. The number of hydrogen-bond acceptors (Lipinski definition) is 6. The quantitative estimate of drug-likeness (QED) is 0.820. The molecule has 2 atom stereocenters. The lowest BCUT2D eigenvalue weighted by atomic mass is 10.2. The number of aromatic nitrogens is 2. The molecule has 0 radical (unpaired) electrons. The van der Waals surface area contributed by atoms with Crippen molar-refractivity contribution in [2.24, 2.45) is 0 Å². The minimum absolute atomic E-state index is 0.0714. The van der Waals surface area contributed by atoms with Gasteiger partial charge in [-0.05, 0) is 6.42 Å². The maximum Gasteiger partial charge on any atom is 0.229 e. The van der Waals surface area contributed by atoms with E-state index in [4.69, 9.17) is 14.0 Å². The minimum atomic E-state index is -0.0714. The van der Waals surface area contributed by atoms with E-state index in [2.05, 4.69) is 22.4 Å². The molecule has 0 aliphatic carbocycles. The van der Waals surface area contributed by atoms with E-state index < -0.39 is 0 Å². The molecule has 0 aromatic carbocycles. The Balaban J connectivity index is 1.92. The SMILES string of the molecule is CCCC(OC)c1noc(CC2CNCCO2)n1. The zero-order chi connectivity index (χ0) is 12.8. The summed E-state index contributed by atoms with van der Waals surface area (Å²) in [5, 5.41) is 7.26. The van der Waals surface area contributed by atoms with Crippen LogP contribution in [-0.2, 0) is 15.9 Å². The molecule has 1 saturated heterocycles. The highest BCUT2D eigenvalue weighted by Gasteiger charge is 2.20. The molecule has 0 bridgehead atoms. The van der Waals surface area contributed by atoms with Crippen molar-refractivity contribution in [2.75, 3.05) is 26.8 Å².